The van der Waals surface area contributed by atoms with Gasteiger partial charge in [0.15, 0.2) is 5.82 Å². The molecular weight excluding hydrogens is 283 g/mol. The molecule has 112 valence electrons. The molecule has 0 saturated heterocycles. The van der Waals surface area contributed by atoms with Crippen molar-refractivity contribution in [3.63, 3.8) is 0 Å². The summed E-state index contributed by atoms with van der Waals surface area (Å²) < 4.78 is 43.1. The van der Waals surface area contributed by atoms with Crippen molar-refractivity contribution < 1.29 is 17.9 Å². The molecule has 0 aliphatic rings. The Morgan fingerprint density at radius 2 is 1.95 bits per heavy atom. The van der Waals surface area contributed by atoms with Crippen LogP contribution in [0, 0.1) is 6.92 Å². The van der Waals surface area contributed by atoms with Crippen molar-refractivity contribution in [2.45, 2.75) is 19.7 Å². The Balaban J connectivity index is 2.11. The van der Waals surface area contributed by atoms with Crippen LogP contribution in [0.25, 0.3) is 0 Å². The van der Waals surface area contributed by atoms with E-state index in [9.17, 15) is 13.2 Å². The number of ether oxygens (including phenoxy) is 1. The van der Waals surface area contributed by atoms with Gasteiger partial charge in [-0.1, -0.05) is 6.07 Å². The fraction of sp³-hybridized carbons (Fsp3) is 0.286. The highest BCUT2D eigenvalue weighted by Crippen LogP contribution is 2.31. The van der Waals surface area contributed by atoms with Gasteiger partial charge >= 0.3 is 6.18 Å². The molecule has 1 heterocycles. The lowest BCUT2D eigenvalue weighted by molar-refractivity contribution is -0.137. The number of aryl methyl sites for hydroxylation is 1. The third kappa shape index (κ3) is 4.08. The summed E-state index contributed by atoms with van der Waals surface area (Å²) in [5.74, 6) is 1.16. The number of alkyl halides is 3. The van der Waals surface area contributed by atoms with Gasteiger partial charge in [-0.25, -0.2) is 9.97 Å². The van der Waals surface area contributed by atoms with E-state index >= 15 is 0 Å². The van der Waals surface area contributed by atoms with Crippen molar-refractivity contribution in [1.82, 2.24) is 9.97 Å². The van der Waals surface area contributed by atoms with Gasteiger partial charge in [-0.2, -0.15) is 13.2 Å². The number of benzene rings is 1. The minimum Gasteiger partial charge on any atom is -0.486 e. The van der Waals surface area contributed by atoms with E-state index in [0.29, 0.717) is 11.6 Å². The van der Waals surface area contributed by atoms with Crippen LogP contribution >= 0.6 is 0 Å². The average Bonchev–Trinajstić information content (AvgIpc) is 2.44. The molecule has 0 radical (unpaired) electrons. The quantitative estimate of drug-likeness (QED) is 0.939. The van der Waals surface area contributed by atoms with Crippen LogP contribution in [0.4, 0.5) is 19.0 Å². The Kier molecular flexibility index (Phi) is 4.30. The molecule has 0 unspecified atom stereocenters. The normalized spacial score (nSPS) is 11.3. The van der Waals surface area contributed by atoms with Gasteiger partial charge in [0.05, 0.1) is 5.56 Å². The van der Waals surface area contributed by atoms with E-state index in [0.717, 1.165) is 17.8 Å². The third-order valence-corrected chi connectivity index (χ3v) is 2.69. The maximum atomic E-state index is 12.6. The second kappa shape index (κ2) is 5.99. The Morgan fingerprint density at radius 1 is 1.19 bits per heavy atom. The van der Waals surface area contributed by atoms with E-state index < -0.39 is 11.7 Å². The van der Waals surface area contributed by atoms with Crippen LogP contribution in [0.2, 0.25) is 0 Å². The first kappa shape index (κ1) is 15.1. The van der Waals surface area contributed by atoms with E-state index in [2.05, 4.69) is 15.3 Å². The van der Waals surface area contributed by atoms with Crippen molar-refractivity contribution in [2.24, 2.45) is 0 Å². The second-order valence-corrected chi connectivity index (χ2v) is 4.38. The van der Waals surface area contributed by atoms with Crippen LogP contribution in [0.15, 0.2) is 30.3 Å². The fourth-order valence-electron chi connectivity index (χ4n) is 1.73. The molecule has 0 aliphatic carbocycles. The predicted octanol–water partition coefficient (Wildman–Crippen LogP) is 3.42. The summed E-state index contributed by atoms with van der Waals surface area (Å²) in [6.07, 6.45) is -4.39. The molecule has 7 heteroatoms. The first-order valence-electron chi connectivity index (χ1n) is 6.21. The first-order valence-corrected chi connectivity index (χ1v) is 6.21. The number of hydrogen-bond acceptors (Lipinski definition) is 4. The van der Waals surface area contributed by atoms with E-state index in [1.807, 2.05) is 0 Å². The van der Waals surface area contributed by atoms with E-state index in [-0.39, 0.29) is 12.4 Å². The lowest BCUT2D eigenvalue weighted by atomic mass is 10.2. The van der Waals surface area contributed by atoms with Gasteiger partial charge in [0.1, 0.15) is 18.2 Å². The zero-order chi connectivity index (χ0) is 15.5. The van der Waals surface area contributed by atoms with Gasteiger partial charge in [-0.15, -0.1) is 0 Å². The standard InChI is InChI=1S/C14H14F3N3O/c1-9-6-12(18-2)20-13(19-9)8-21-11-5-3-4-10(7-11)14(15,16)17/h3-7H,8H2,1-2H3,(H,18,19,20). The predicted molar refractivity (Wildman–Crippen MR) is 72.1 cm³/mol. The third-order valence-electron chi connectivity index (χ3n) is 2.69. The smallest absolute Gasteiger partial charge is 0.416 e. The summed E-state index contributed by atoms with van der Waals surface area (Å²) in [6, 6.07) is 6.47. The van der Waals surface area contributed by atoms with Crippen LogP contribution in [0.5, 0.6) is 5.75 Å². The highest BCUT2D eigenvalue weighted by atomic mass is 19.4. The molecule has 0 saturated carbocycles. The topological polar surface area (TPSA) is 47.0 Å². The number of nitrogens with one attached hydrogen (secondary N) is 1. The van der Waals surface area contributed by atoms with Gasteiger partial charge in [-0.3, -0.25) is 0 Å². The first-order chi connectivity index (χ1) is 9.88. The van der Waals surface area contributed by atoms with Crippen molar-refractivity contribution in [2.75, 3.05) is 12.4 Å². The van der Waals surface area contributed by atoms with E-state index in [4.69, 9.17) is 4.74 Å². The Morgan fingerprint density at radius 3 is 2.62 bits per heavy atom. The number of hydrogen-bond donors (Lipinski definition) is 1. The van der Waals surface area contributed by atoms with Gasteiger partial charge in [0.2, 0.25) is 0 Å². The number of rotatable bonds is 4. The maximum absolute atomic E-state index is 12.6. The molecule has 4 nitrogen and oxygen atoms in total. The summed E-state index contributed by atoms with van der Waals surface area (Å²) >= 11 is 0. The van der Waals surface area contributed by atoms with Gasteiger partial charge < -0.3 is 10.1 Å². The van der Waals surface area contributed by atoms with E-state index in [1.165, 1.54) is 12.1 Å². The van der Waals surface area contributed by atoms with Gasteiger partial charge in [-0.05, 0) is 25.1 Å². The molecule has 0 amide bonds. The lowest BCUT2D eigenvalue weighted by Gasteiger charge is -2.10. The molecular formula is C14H14F3N3O. The highest BCUT2D eigenvalue weighted by molar-refractivity contribution is 5.35. The number of anilines is 1. The largest absolute Gasteiger partial charge is 0.486 e. The second-order valence-electron chi connectivity index (χ2n) is 4.38. The number of halogens is 3. The molecule has 2 rings (SSSR count). The van der Waals surface area contributed by atoms with Gasteiger partial charge in [0.25, 0.3) is 0 Å². The SMILES string of the molecule is CNc1cc(C)nc(COc2cccc(C(F)(F)F)c2)n1. The Labute approximate surface area is 120 Å². The molecule has 0 aliphatic heterocycles. The lowest BCUT2D eigenvalue weighted by Crippen LogP contribution is -2.07. The van der Waals surface area contributed by atoms with Gasteiger partial charge in [0, 0.05) is 18.8 Å². The molecule has 0 fully saturated rings. The summed E-state index contributed by atoms with van der Waals surface area (Å²) in [5.41, 5.74) is -0.00179. The number of aromatic nitrogens is 2. The minimum absolute atomic E-state index is 0.00231. The number of nitrogens with zero attached hydrogens (tertiary/aromatic N) is 2. The van der Waals surface area contributed by atoms with Crippen molar-refractivity contribution in [3.8, 4) is 5.75 Å². The highest BCUT2D eigenvalue weighted by Gasteiger charge is 2.30. The molecule has 0 bridgehead atoms. The van der Waals surface area contributed by atoms with Crippen molar-refractivity contribution in [1.29, 1.82) is 0 Å². The molecule has 0 spiro atoms. The van der Waals surface area contributed by atoms with Crippen LogP contribution in [-0.4, -0.2) is 17.0 Å². The monoisotopic (exact) mass is 297 g/mol. The molecule has 21 heavy (non-hydrogen) atoms. The molecule has 1 aromatic heterocycles. The van der Waals surface area contributed by atoms with Crippen LogP contribution in [0.3, 0.4) is 0 Å². The molecule has 1 N–H and O–H groups in total. The summed E-state index contributed by atoms with van der Waals surface area (Å²) in [4.78, 5) is 8.34. The zero-order valence-corrected chi connectivity index (χ0v) is 11.5. The van der Waals surface area contributed by atoms with Crippen molar-refractivity contribution >= 4 is 5.82 Å². The Hall–Kier alpha value is -2.31. The summed E-state index contributed by atoms with van der Waals surface area (Å²) in [6.45, 7) is 1.80. The van der Waals surface area contributed by atoms with Crippen molar-refractivity contribution in [3.05, 3.63) is 47.4 Å². The van der Waals surface area contributed by atoms with Crippen LogP contribution in [0.1, 0.15) is 17.1 Å². The molecule has 0 atom stereocenters. The average molecular weight is 297 g/mol. The summed E-state index contributed by atoms with van der Waals surface area (Å²) in [5, 5.41) is 2.88. The maximum Gasteiger partial charge on any atom is 0.416 e. The zero-order valence-electron chi connectivity index (χ0n) is 11.5. The van der Waals surface area contributed by atoms with E-state index in [1.54, 1.807) is 20.0 Å². The Bertz CT molecular complexity index is 629. The van der Waals surface area contributed by atoms with Crippen LogP contribution in [-0.2, 0) is 12.8 Å². The molecule has 1 aromatic carbocycles. The van der Waals surface area contributed by atoms with Crippen LogP contribution < -0.4 is 10.1 Å². The molecule has 2 aromatic rings. The summed E-state index contributed by atoms with van der Waals surface area (Å²) in [7, 11) is 1.72. The minimum atomic E-state index is -4.39. The fourth-order valence-corrected chi connectivity index (χ4v) is 1.73.